The summed E-state index contributed by atoms with van der Waals surface area (Å²) < 4.78 is 0. The van der Waals surface area contributed by atoms with Gasteiger partial charge in [-0.2, -0.15) is 0 Å². The first-order valence-corrected chi connectivity index (χ1v) is 8.72. The van der Waals surface area contributed by atoms with Gasteiger partial charge in [0, 0.05) is 22.0 Å². The first kappa shape index (κ1) is 18.2. The molecule has 0 heterocycles. The summed E-state index contributed by atoms with van der Waals surface area (Å²) in [5.74, 6) is -1.00. The second-order valence-electron chi connectivity index (χ2n) is 5.93. The molecule has 3 N–H and O–H groups in total. The van der Waals surface area contributed by atoms with E-state index in [0.29, 0.717) is 21.2 Å². The Kier molecular flexibility index (Phi) is 5.45. The van der Waals surface area contributed by atoms with Gasteiger partial charge in [0.25, 0.3) is 5.91 Å². The second-order valence-corrected chi connectivity index (χ2v) is 6.77. The number of hydrogen-bond donors (Lipinski definition) is 2. The predicted octanol–water partition coefficient (Wildman–Crippen LogP) is 3.97. The highest BCUT2D eigenvalue weighted by Crippen LogP contribution is 2.22. The van der Waals surface area contributed by atoms with Crippen LogP contribution < -0.4 is 11.1 Å². The van der Waals surface area contributed by atoms with Crippen LogP contribution >= 0.6 is 23.2 Å². The van der Waals surface area contributed by atoms with E-state index < -0.39 is 11.9 Å². The lowest BCUT2D eigenvalue weighted by Crippen LogP contribution is -2.45. The van der Waals surface area contributed by atoms with Gasteiger partial charge in [-0.1, -0.05) is 59.6 Å². The van der Waals surface area contributed by atoms with Crippen molar-refractivity contribution >= 4 is 45.8 Å². The third kappa shape index (κ3) is 4.15. The third-order valence-electron chi connectivity index (χ3n) is 4.10. The molecule has 4 nitrogen and oxygen atoms in total. The molecule has 0 saturated carbocycles. The summed E-state index contributed by atoms with van der Waals surface area (Å²) in [6, 6.07) is 17.2. The molecule has 3 aromatic carbocycles. The number of primary amides is 1. The number of nitrogens with one attached hydrogen (secondary N) is 1. The van der Waals surface area contributed by atoms with Gasteiger partial charge in [0.2, 0.25) is 5.91 Å². The Bertz CT molecular complexity index is 988. The van der Waals surface area contributed by atoms with Crippen molar-refractivity contribution in [2.24, 2.45) is 5.73 Å². The molecule has 3 aromatic rings. The van der Waals surface area contributed by atoms with Crippen LogP contribution in [0.5, 0.6) is 0 Å². The van der Waals surface area contributed by atoms with Crippen molar-refractivity contribution in [2.45, 2.75) is 12.5 Å². The van der Waals surface area contributed by atoms with Gasteiger partial charge in [0.1, 0.15) is 6.04 Å². The number of amides is 2. The summed E-state index contributed by atoms with van der Waals surface area (Å²) in [6.07, 6.45) is 0.185. The molecular formula is C20H16Cl2N2O2. The van der Waals surface area contributed by atoms with Crippen LogP contribution in [0.3, 0.4) is 0 Å². The number of carbonyl (C=O) groups excluding carboxylic acids is 2. The molecule has 0 aliphatic rings. The van der Waals surface area contributed by atoms with Gasteiger partial charge in [-0.05, 0) is 40.6 Å². The van der Waals surface area contributed by atoms with Gasteiger partial charge in [-0.15, -0.1) is 0 Å². The van der Waals surface area contributed by atoms with Crippen molar-refractivity contribution < 1.29 is 9.59 Å². The molecule has 0 saturated heterocycles. The zero-order valence-electron chi connectivity index (χ0n) is 13.7. The average molecular weight is 387 g/mol. The lowest BCUT2D eigenvalue weighted by atomic mass is 10.0. The summed E-state index contributed by atoms with van der Waals surface area (Å²) in [6.45, 7) is 0. The van der Waals surface area contributed by atoms with E-state index in [1.165, 1.54) is 0 Å². The van der Waals surface area contributed by atoms with Crippen molar-refractivity contribution in [3.8, 4) is 0 Å². The smallest absolute Gasteiger partial charge is 0.251 e. The van der Waals surface area contributed by atoms with Crippen LogP contribution in [-0.2, 0) is 11.2 Å². The number of hydrogen-bond acceptors (Lipinski definition) is 2. The molecule has 0 fully saturated rings. The quantitative estimate of drug-likeness (QED) is 0.695. The molecule has 0 radical (unpaired) electrons. The number of benzene rings is 3. The molecule has 0 unspecified atom stereocenters. The second kappa shape index (κ2) is 7.77. The van der Waals surface area contributed by atoms with E-state index in [1.807, 2.05) is 30.3 Å². The van der Waals surface area contributed by atoms with Crippen molar-refractivity contribution in [1.29, 1.82) is 0 Å². The first-order valence-electron chi connectivity index (χ1n) is 7.97. The third-order valence-corrected chi connectivity index (χ3v) is 4.69. The number of fused-ring (bicyclic) bond motifs is 1. The summed E-state index contributed by atoms with van der Waals surface area (Å²) in [4.78, 5) is 24.4. The van der Waals surface area contributed by atoms with E-state index >= 15 is 0 Å². The van der Waals surface area contributed by atoms with Crippen LogP contribution in [0.25, 0.3) is 10.8 Å². The van der Waals surface area contributed by atoms with E-state index in [1.54, 1.807) is 30.3 Å². The van der Waals surface area contributed by atoms with Crippen molar-refractivity contribution in [3.63, 3.8) is 0 Å². The number of carbonyl (C=O) groups is 2. The van der Waals surface area contributed by atoms with Crippen molar-refractivity contribution in [1.82, 2.24) is 5.32 Å². The van der Waals surface area contributed by atoms with Gasteiger partial charge in [-0.25, -0.2) is 0 Å². The molecule has 0 bridgehead atoms. The van der Waals surface area contributed by atoms with E-state index in [-0.39, 0.29) is 12.3 Å². The van der Waals surface area contributed by atoms with E-state index in [2.05, 4.69) is 5.32 Å². The lowest BCUT2D eigenvalue weighted by Gasteiger charge is -2.17. The maximum absolute atomic E-state index is 12.6. The molecule has 0 aliphatic carbocycles. The Hall–Kier alpha value is -2.56. The zero-order chi connectivity index (χ0) is 18.7. The summed E-state index contributed by atoms with van der Waals surface area (Å²) >= 11 is 12.0. The minimum absolute atomic E-state index is 0.185. The molecule has 132 valence electrons. The topological polar surface area (TPSA) is 72.2 Å². The number of nitrogens with two attached hydrogens (primary N) is 1. The van der Waals surface area contributed by atoms with Crippen LogP contribution in [0.1, 0.15) is 15.9 Å². The highest BCUT2D eigenvalue weighted by molar-refractivity contribution is 6.35. The van der Waals surface area contributed by atoms with Crippen LogP contribution in [0.2, 0.25) is 10.0 Å². The molecule has 0 spiro atoms. The summed E-state index contributed by atoms with van der Waals surface area (Å²) in [5, 5.41) is 5.57. The highest BCUT2D eigenvalue weighted by Gasteiger charge is 2.21. The van der Waals surface area contributed by atoms with Crippen molar-refractivity contribution in [3.05, 3.63) is 81.8 Å². The Morgan fingerprint density at radius 3 is 2.38 bits per heavy atom. The van der Waals surface area contributed by atoms with Crippen LogP contribution in [0.15, 0.2) is 60.7 Å². The summed E-state index contributed by atoms with van der Waals surface area (Å²) in [7, 11) is 0. The monoisotopic (exact) mass is 386 g/mol. The Morgan fingerprint density at radius 1 is 0.962 bits per heavy atom. The molecule has 0 aliphatic heterocycles. The highest BCUT2D eigenvalue weighted by atomic mass is 35.5. The van der Waals surface area contributed by atoms with E-state index in [4.69, 9.17) is 28.9 Å². The first-order chi connectivity index (χ1) is 12.4. The fraction of sp³-hybridized carbons (Fsp3) is 0.100. The summed E-state index contributed by atoms with van der Waals surface area (Å²) in [5.41, 5.74) is 6.59. The van der Waals surface area contributed by atoms with Crippen LogP contribution in [0, 0.1) is 0 Å². The molecule has 6 heteroatoms. The maximum Gasteiger partial charge on any atom is 0.251 e. The molecule has 2 amide bonds. The molecule has 0 aromatic heterocycles. The van der Waals surface area contributed by atoms with Crippen LogP contribution in [0.4, 0.5) is 0 Å². The fourth-order valence-electron chi connectivity index (χ4n) is 2.70. The molecular weight excluding hydrogens is 371 g/mol. The Balaban J connectivity index is 1.80. The largest absolute Gasteiger partial charge is 0.368 e. The average Bonchev–Trinajstić information content (AvgIpc) is 2.62. The van der Waals surface area contributed by atoms with Crippen molar-refractivity contribution in [2.75, 3.05) is 0 Å². The van der Waals surface area contributed by atoms with E-state index in [0.717, 1.165) is 10.8 Å². The van der Waals surface area contributed by atoms with Gasteiger partial charge in [0.15, 0.2) is 0 Å². The SMILES string of the molecule is NC(=O)[C@H](Cc1ccc(Cl)cc1Cl)NC(=O)c1ccc2ccccc2c1. The molecule has 1 atom stereocenters. The zero-order valence-corrected chi connectivity index (χ0v) is 15.2. The standard InChI is InChI=1S/C20H16Cl2N2O2/c21-16-8-7-14(17(22)11-16)10-18(19(23)25)24-20(26)15-6-5-12-3-1-2-4-13(12)9-15/h1-9,11,18H,10H2,(H2,23,25)(H,24,26)/t18-/m0/s1. The molecule has 26 heavy (non-hydrogen) atoms. The van der Waals surface area contributed by atoms with Gasteiger partial charge < -0.3 is 11.1 Å². The number of halogens is 2. The maximum atomic E-state index is 12.6. The van der Waals surface area contributed by atoms with Crippen LogP contribution in [-0.4, -0.2) is 17.9 Å². The number of rotatable bonds is 5. The van der Waals surface area contributed by atoms with E-state index in [9.17, 15) is 9.59 Å². The molecule has 3 rings (SSSR count). The lowest BCUT2D eigenvalue weighted by molar-refractivity contribution is -0.119. The minimum atomic E-state index is -0.882. The van der Waals surface area contributed by atoms with Gasteiger partial charge >= 0.3 is 0 Å². The normalized spacial score (nSPS) is 11.9. The minimum Gasteiger partial charge on any atom is -0.368 e. The predicted molar refractivity (Wildman–Crippen MR) is 105 cm³/mol. The fourth-order valence-corrected chi connectivity index (χ4v) is 3.19. The van der Waals surface area contributed by atoms with Gasteiger partial charge in [-0.3, -0.25) is 9.59 Å². The Morgan fingerprint density at radius 2 is 1.69 bits per heavy atom. The van der Waals surface area contributed by atoms with Gasteiger partial charge in [0.05, 0.1) is 0 Å². The Labute approximate surface area is 160 Å².